The number of likely N-dealkylation sites (N-methyl/N-ethyl adjacent to an activating group) is 1. The minimum Gasteiger partial charge on any atom is -0.394 e. The van der Waals surface area contributed by atoms with Crippen molar-refractivity contribution >= 4 is 11.6 Å². The summed E-state index contributed by atoms with van der Waals surface area (Å²) >= 11 is 5.91. The summed E-state index contributed by atoms with van der Waals surface area (Å²) in [4.78, 5) is 2.19. The zero-order valence-electron chi connectivity index (χ0n) is 12.3. The van der Waals surface area contributed by atoms with E-state index in [4.69, 9.17) is 11.6 Å². The lowest BCUT2D eigenvalue weighted by Gasteiger charge is -2.34. The van der Waals surface area contributed by atoms with Gasteiger partial charge in [0.15, 0.2) is 0 Å². The van der Waals surface area contributed by atoms with Crippen molar-refractivity contribution in [1.82, 2.24) is 10.2 Å². The van der Waals surface area contributed by atoms with Crippen LogP contribution in [0.5, 0.6) is 0 Å². The lowest BCUT2D eigenvalue weighted by atomic mass is 10.0. The Balaban J connectivity index is 2.61. The molecule has 1 aromatic carbocycles. The molecule has 0 fully saturated rings. The van der Waals surface area contributed by atoms with E-state index in [1.54, 1.807) is 0 Å². The Kier molecular flexibility index (Phi) is 6.27. The van der Waals surface area contributed by atoms with E-state index in [0.717, 1.165) is 18.0 Å². The lowest BCUT2D eigenvalue weighted by Crippen LogP contribution is -2.45. The molecule has 0 bridgehead atoms. The fourth-order valence-corrected chi connectivity index (χ4v) is 2.04. The number of aliphatic hydroxyl groups excluding tert-OH is 1. The molecular formula is C15H25ClN2O. The Hall–Kier alpha value is -0.610. The highest BCUT2D eigenvalue weighted by Gasteiger charge is 2.22. The SMILES string of the molecule is CNC(CCN(C)C(C)(C)CO)c1ccc(Cl)cc1. The number of rotatable bonds is 7. The Morgan fingerprint density at radius 1 is 1.32 bits per heavy atom. The first kappa shape index (κ1) is 16.4. The van der Waals surface area contributed by atoms with Gasteiger partial charge in [0.1, 0.15) is 0 Å². The van der Waals surface area contributed by atoms with Crippen LogP contribution in [0.2, 0.25) is 5.02 Å². The number of halogens is 1. The predicted octanol–water partition coefficient (Wildman–Crippen LogP) is 2.69. The summed E-state index contributed by atoms with van der Waals surface area (Å²) in [6.07, 6.45) is 0.984. The van der Waals surface area contributed by atoms with Crippen molar-refractivity contribution in [1.29, 1.82) is 0 Å². The standard InChI is InChI=1S/C15H25ClN2O/c1-15(2,11-19)18(4)10-9-14(17-3)12-5-7-13(16)8-6-12/h5-8,14,17,19H,9-11H2,1-4H3. The van der Waals surface area contributed by atoms with Crippen LogP contribution in [-0.4, -0.2) is 42.8 Å². The number of nitrogens with zero attached hydrogens (tertiary/aromatic N) is 1. The first-order valence-corrected chi connectivity index (χ1v) is 7.03. The molecule has 1 aromatic rings. The number of nitrogens with one attached hydrogen (secondary N) is 1. The molecular weight excluding hydrogens is 260 g/mol. The van der Waals surface area contributed by atoms with Gasteiger partial charge in [-0.05, 0) is 52.1 Å². The molecule has 1 rings (SSSR count). The highest BCUT2D eigenvalue weighted by Crippen LogP contribution is 2.21. The fourth-order valence-electron chi connectivity index (χ4n) is 1.92. The molecule has 4 heteroatoms. The minimum absolute atomic E-state index is 0.161. The Labute approximate surface area is 121 Å². The van der Waals surface area contributed by atoms with E-state index in [2.05, 4.69) is 22.3 Å². The molecule has 1 atom stereocenters. The third-order valence-corrected chi connectivity index (χ3v) is 4.05. The van der Waals surface area contributed by atoms with Crippen molar-refractivity contribution in [3.05, 3.63) is 34.9 Å². The van der Waals surface area contributed by atoms with Crippen molar-refractivity contribution in [2.45, 2.75) is 31.8 Å². The van der Waals surface area contributed by atoms with Gasteiger partial charge in [-0.3, -0.25) is 4.90 Å². The summed E-state index contributed by atoms with van der Waals surface area (Å²) in [5.74, 6) is 0. The molecule has 0 aromatic heterocycles. The molecule has 2 N–H and O–H groups in total. The van der Waals surface area contributed by atoms with E-state index >= 15 is 0 Å². The molecule has 1 unspecified atom stereocenters. The maximum atomic E-state index is 9.36. The van der Waals surface area contributed by atoms with Crippen LogP contribution in [0.15, 0.2) is 24.3 Å². The molecule has 0 aliphatic carbocycles. The molecule has 0 aliphatic heterocycles. The molecule has 0 saturated carbocycles. The average Bonchev–Trinajstić information content (AvgIpc) is 2.41. The molecule has 3 nitrogen and oxygen atoms in total. The maximum absolute atomic E-state index is 9.36. The van der Waals surface area contributed by atoms with E-state index in [1.165, 1.54) is 5.56 Å². The van der Waals surface area contributed by atoms with Crippen LogP contribution in [0.1, 0.15) is 31.9 Å². The van der Waals surface area contributed by atoms with Crippen LogP contribution in [0.4, 0.5) is 0 Å². The summed E-state index contributed by atoms with van der Waals surface area (Å²) in [6, 6.07) is 8.25. The van der Waals surface area contributed by atoms with Gasteiger partial charge in [-0.25, -0.2) is 0 Å². The third kappa shape index (κ3) is 4.77. The third-order valence-electron chi connectivity index (χ3n) is 3.79. The number of hydrogen-bond acceptors (Lipinski definition) is 3. The van der Waals surface area contributed by atoms with Crippen LogP contribution < -0.4 is 5.32 Å². The van der Waals surface area contributed by atoms with Crippen molar-refractivity contribution in [2.24, 2.45) is 0 Å². The van der Waals surface area contributed by atoms with Gasteiger partial charge in [0.05, 0.1) is 6.61 Å². The van der Waals surface area contributed by atoms with Crippen LogP contribution in [0.3, 0.4) is 0 Å². The number of aliphatic hydroxyl groups is 1. The van der Waals surface area contributed by atoms with Gasteiger partial charge in [0.25, 0.3) is 0 Å². The Bertz CT molecular complexity index is 378. The second kappa shape index (κ2) is 7.25. The second-order valence-electron chi connectivity index (χ2n) is 5.57. The first-order chi connectivity index (χ1) is 8.90. The summed E-state index contributed by atoms with van der Waals surface area (Å²) < 4.78 is 0. The van der Waals surface area contributed by atoms with Crippen LogP contribution in [0, 0.1) is 0 Å². The van der Waals surface area contributed by atoms with Crippen molar-refractivity contribution in [2.75, 3.05) is 27.2 Å². The normalized spacial score (nSPS) is 13.8. The van der Waals surface area contributed by atoms with Crippen LogP contribution >= 0.6 is 11.6 Å². The second-order valence-corrected chi connectivity index (χ2v) is 6.01. The smallest absolute Gasteiger partial charge is 0.0609 e. The van der Waals surface area contributed by atoms with Gasteiger partial charge in [0.2, 0.25) is 0 Å². The van der Waals surface area contributed by atoms with E-state index in [1.807, 2.05) is 40.1 Å². The molecule has 0 spiro atoms. The number of hydrogen-bond donors (Lipinski definition) is 2. The topological polar surface area (TPSA) is 35.5 Å². The van der Waals surface area contributed by atoms with Gasteiger partial charge in [-0.2, -0.15) is 0 Å². The molecule has 0 radical (unpaired) electrons. The minimum atomic E-state index is -0.182. The maximum Gasteiger partial charge on any atom is 0.0609 e. The fraction of sp³-hybridized carbons (Fsp3) is 0.600. The monoisotopic (exact) mass is 284 g/mol. The highest BCUT2D eigenvalue weighted by molar-refractivity contribution is 6.30. The van der Waals surface area contributed by atoms with Crippen molar-refractivity contribution in [3.63, 3.8) is 0 Å². The Morgan fingerprint density at radius 3 is 2.37 bits per heavy atom. The van der Waals surface area contributed by atoms with E-state index < -0.39 is 0 Å². The van der Waals surface area contributed by atoms with Crippen molar-refractivity contribution < 1.29 is 5.11 Å². The summed E-state index contributed by atoms with van der Waals surface area (Å²) in [5.41, 5.74) is 1.06. The summed E-state index contributed by atoms with van der Waals surface area (Å²) in [5, 5.41) is 13.5. The molecule has 0 saturated heterocycles. The summed E-state index contributed by atoms with van der Waals surface area (Å²) in [6.45, 7) is 5.17. The zero-order valence-corrected chi connectivity index (χ0v) is 13.0. The average molecular weight is 285 g/mol. The molecule has 0 aliphatic rings. The van der Waals surface area contributed by atoms with E-state index in [0.29, 0.717) is 6.04 Å². The van der Waals surface area contributed by atoms with Gasteiger partial charge >= 0.3 is 0 Å². The highest BCUT2D eigenvalue weighted by atomic mass is 35.5. The lowest BCUT2D eigenvalue weighted by molar-refractivity contribution is 0.0760. The summed E-state index contributed by atoms with van der Waals surface area (Å²) in [7, 11) is 4.02. The number of benzene rings is 1. The first-order valence-electron chi connectivity index (χ1n) is 6.65. The molecule has 0 heterocycles. The Morgan fingerprint density at radius 2 is 1.89 bits per heavy atom. The molecule has 0 amide bonds. The molecule has 19 heavy (non-hydrogen) atoms. The van der Waals surface area contributed by atoms with Crippen LogP contribution in [0.25, 0.3) is 0 Å². The predicted molar refractivity (Wildman–Crippen MR) is 81.7 cm³/mol. The van der Waals surface area contributed by atoms with E-state index in [9.17, 15) is 5.11 Å². The van der Waals surface area contributed by atoms with E-state index in [-0.39, 0.29) is 12.1 Å². The zero-order chi connectivity index (χ0) is 14.5. The molecule has 108 valence electrons. The van der Waals surface area contributed by atoms with Crippen molar-refractivity contribution in [3.8, 4) is 0 Å². The van der Waals surface area contributed by atoms with Gasteiger partial charge in [-0.15, -0.1) is 0 Å². The largest absolute Gasteiger partial charge is 0.394 e. The quantitative estimate of drug-likeness (QED) is 0.808. The van der Waals surface area contributed by atoms with Crippen LogP contribution in [-0.2, 0) is 0 Å². The van der Waals surface area contributed by atoms with Gasteiger partial charge < -0.3 is 10.4 Å². The van der Waals surface area contributed by atoms with Gasteiger partial charge in [-0.1, -0.05) is 23.7 Å². The van der Waals surface area contributed by atoms with Gasteiger partial charge in [0, 0.05) is 23.1 Å².